The SMILES string of the molecule is COc1ccc(COc2ccc(C=NNC(CC#N)C(C)=O)cc2)cc1. The van der Waals surface area contributed by atoms with Gasteiger partial charge >= 0.3 is 0 Å². The van der Waals surface area contributed by atoms with Crippen LogP contribution in [0.15, 0.2) is 53.6 Å². The minimum absolute atomic E-state index is 0.0881. The number of Topliss-reactive ketones (excluding diaryl/α,β-unsaturated/α-hetero) is 1. The van der Waals surface area contributed by atoms with Gasteiger partial charge in [0.2, 0.25) is 0 Å². The van der Waals surface area contributed by atoms with Crippen LogP contribution < -0.4 is 14.9 Å². The van der Waals surface area contributed by atoms with Gasteiger partial charge < -0.3 is 9.47 Å². The first-order valence-corrected chi connectivity index (χ1v) is 8.14. The van der Waals surface area contributed by atoms with Gasteiger partial charge in [-0.05, 0) is 54.4 Å². The average molecular weight is 351 g/mol. The first-order valence-electron chi connectivity index (χ1n) is 8.14. The second-order valence-electron chi connectivity index (χ2n) is 5.62. The molecule has 26 heavy (non-hydrogen) atoms. The van der Waals surface area contributed by atoms with Crippen molar-refractivity contribution in [3.63, 3.8) is 0 Å². The minimum atomic E-state index is -0.580. The standard InChI is InChI=1S/C20H21N3O3/c1-15(24)20(11-12-21)23-22-13-16-3-9-19(10-4-16)26-14-17-5-7-18(25-2)8-6-17/h3-10,13,20,23H,11,14H2,1-2H3. The van der Waals surface area contributed by atoms with E-state index in [1.165, 1.54) is 6.92 Å². The molecule has 0 aliphatic heterocycles. The molecule has 0 amide bonds. The van der Waals surface area contributed by atoms with E-state index in [9.17, 15) is 4.79 Å². The molecule has 0 bridgehead atoms. The molecule has 1 N–H and O–H groups in total. The molecule has 0 saturated carbocycles. The van der Waals surface area contributed by atoms with E-state index in [-0.39, 0.29) is 12.2 Å². The Kier molecular flexibility index (Phi) is 7.19. The molecule has 2 aromatic carbocycles. The summed E-state index contributed by atoms with van der Waals surface area (Å²) in [5.74, 6) is 1.44. The fraction of sp³-hybridized carbons (Fsp3) is 0.250. The van der Waals surface area contributed by atoms with E-state index < -0.39 is 6.04 Å². The highest BCUT2D eigenvalue weighted by Crippen LogP contribution is 2.16. The normalized spacial score (nSPS) is 11.6. The van der Waals surface area contributed by atoms with Crippen molar-refractivity contribution in [3.05, 3.63) is 59.7 Å². The van der Waals surface area contributed by atoms with Crippen LogP contribution in [0, 0.1) is 11.3 Å². The highest BCUT2D eigenvalue weighted by atomic mass is 16.5. The van der Waals surface area contributed by atoms with Crippen molar-refractivity contribution >= 4 is 12.0 Å². The van der Waals surface area contributed by atoms with Gasteiger partial charge in [-0.25, -0.2) is 0 Å². The lowest BCUT2D eigenvalue weighted by Gasteiger charge is -2.09. The fourth-order valence-corrected chi connectivity index (χ4v) is 2.11. The number of carbonyl (C=O) groups excluding carboxylic acids is 1. The van der Waals surface area contributed by atoms with Crippen LogP contribution in [-0.2, 0) is 11.4 Å². The summed E-state index contributed by atoms with van der Waals surface area (Å²) in [4.78, 5) is 11.3. The maximum absolute atomic E-state index is 11.3. The topological polar surface area (TPSA) is 83.7 Å². The molecule has 0 aliphatic rings. The van der Waals surface area contributed by atoms with Crippen LogP contribution in [0.25, 0.3) is 0 Å². The number of hydrogen-bond donors (Lipinski definition) is 1. The lowest BCUT2D eigenvalue weighted by atomic mass is 10.2. The van der Waals surface area contributed by atoms with Gasteiger partial charge in [0.1, 0.15) is 24.1 Å². The molecule has 0 spiro atoms. The molecule has 1 atom stereocenters. The quantitative estimate of drug-likeness (QED) is 0.554. The molecule has 2 rings (SSSR count). The highest BCUT2D eigenvalue weighted by molar-refractivity contribution is 5.82. The molecule has 0 radical (unpaired) electrons. The second kappa shape index (κ2) is 9.84. The zero-order valence-corrected chi connectivity index (χ0v) is 14.8. The monoisotopic (exact) mass is 351 g/mol. The number of nitrogens with one attached hydrogen (secondary N) is 1. The van der Waals surface area contributed by atoms with E-state index in [1.807, 2.05) is 54.6 Å². The van der Waals surface area contributed by atoms with Crippen LogP contribution in [0.3, 0.4) is 0 Å². The van der Waals surface area contributed by atoms with E-state index in [2.05, 4.69) is 10.5 Å². The van der Waals surface area contributed by atoms with Crippen LogP contribution >= 0.6 is 0 Å². The molecule has 0 heterocycles. The van der Waals surface area contributed by atoms with Gasteiger partial charge in [-0.2, -0.15) is 10.4 Å². The Morgan fingerprint density at radius 3 is 2.42 bits per heavy atom. The summed E-state index contributed by atoms with van der Waals surface area (Å²) in [5.41, 5.74) is 4.60. The van der Waals surface area contributed by atoms with Crippen molar-refractivity contribution in [2.75, 3.05) is 7.11 Å². The first-order chi connectivity index (χ1) is 12.6. The number of carbonyl (C=O) groups is 1. The van der Waals surface area contributed by atoms with Crippen LogP contribution in [-0.4, -0.2) is 25.1 Å². The van der Waals surface area contributed by atoms with Gasteiger partial charge in [0, 0.05) is 0 Å². The maximum atomic E-state index is 11.3. The molecule has 1 unspecified atom stereocenters. The Balaban J connectivity index is 1.86. The van der Waals surface area contributed by atoms with E-state index in [0.717, 1.165) is 22.6 Å². The van der Waals surface area contributed by atoms with E-state index in [1.54, 1.807) is 13.3 Å². The number of hydrogen-bond acceptors (Lipinski definition) is 6. The predicted octanol–water partition coefficient (Wildman–Crippen LogP) is 3.07. The smallest absolute Gasteiger partial charge is 0.154 e. The summed E-state index contributed by atoms with van der Waals surface area (Å²) >= 11 is 0. The molecule has 0 aliphatic carbocycles. The van der Waals surface area contributed by atoms with Crippen molar-refractivity contribution in [2.45, 2.75) is 26.0 Å². The number of benzene rings is 2. The Labute approximate surface area is 153 Å². The van der Waals surface area contributed by atoms with Gasteiger partial charge in [0.05, 0.1) is 25.8 Å². The van der Waals surface area contributed by atoms with Gasteiger partial charge in [0.25, 0.3) is 0 Å². The van der Waals surface area contributed by atoms with Crippen molar-refractivity contribution in [2.24, 2.45) is 5.10 Å². The molecule has 0 fully saturated rings. The van der Waals surface area contributed by atoms with Crippen LogP contribution in [0.4, 0.5) is 0 Å². The molecule has 2 aromatic rings. The van der Waals surface area contributed by atoms with Gasteiger partial charge in [0.15, 0.2) is 5.78 Å². The summed E-state index contributed by atoms with van der Waals surface area (Å²) in [7, 11) is 1.63. The van der Waals surface area contributed by atoms with Crippen molar-refractivity contribution in [1.82, 2.24) is 5.43 Å². The van der Waals surface area contributed by atoms with Crippen molar-refractivity contribution in [3.8, 4) is 17.6 Å². The summed E-state index contributed by atoms with van der Waals surface area (Å²) in [5, 5.41) is 12.7. The van der Waals surface area contributed by atoms with Crippen LogP contribution in [0.2, 0.25) is 0 Å². The average Bonchev–Trinajstić information content (AvgIpc) is 2.67. The molecule has 134 valence electrons. The number of nitrogens with zero attached hydrogens (tertiary/aromatic N) is 2. The predicted molar refractivity (Wildman–Crippen MR) is 99.2 cm³/mol. The summed E-state index contributed by atoms with van der Waals surface area (Å²) in [6.45, 7) is 1.90. The van der Waals surface area contributed by atoms with Crippen LogP contribution in [0.5, 0.6) is 11.5 Å². The van der Waals surface area contributed by atoms with Crippen molar-refractivity contribution in [1.29, 1.82) is 5.26 Å². The van der Waals surface area contributed by atoms with E-state index in [4.69, 9.17) is 14.7 Å². The van der Waals surface area contributed by atoms with Gasteiger partial charge in [-0.3, -0.25) is 10.2 Å². The lowest BCUT2D eigenvalue weighted by molar-refractivity contribution is -0.118. The Morgan fingerprint density at radius 2 is 1.85 bits per heavy atom. The largest absolute Gasteiger partial charge is 0.497 e. The summed E-state index contributed by atoms with van der Waals surface area (Å²) < 4.78 is 10.9. The number of rotatable bonds is 9. The third-order valence-electron chi connectivity index (χ3n) is 3.67. The van der Waals surface area contributed by atoms with E-state index in [0.29, 0.717) is 6.61 Å². The van der Waals surface area contributed by atoms with E-state index >= 15 is 0 Å². The molecular weight excluding hydrogens is 330 g/mol. The second-order valence-corrected chi connectivity index (χ2v) is 5.62. The Hall–Kier alpha value is -3.33. The number of methoxy groups -OCH3 is 1. The minimum Gasteiger partial charge on any atom is -0.497 e. The molecule has 6 nitrogen and oxygen atoms in total. The Morgan fingerprint density at radius 1 is 1.19 bits per heavy atom. The molecule has 0 saturated heterocycles. The number of ether oxygens (including phenoxy) is 2. The Bertz CT molecular complexity index is 777. The first kappa shape index (κ1) is 19.0. The third kappa shape index (κ3) is 5.95. The van der Waals surface area contributed by atoms with Crippen molar-refractivity contribution < 1.29 is 14.3 Å². The number of hydrazone groups is 1. The third-order valence-corrected chi connectivity index (χ3v) is 3.67. The summed E-state index contributed by atoms with van der Waals surface area (Å²) in [6, 6.07) is 16.5. The van der Waals surface area contributed by atoms with Gasteiger partial charge in [-0.15, -0.1) is 0 Å². The highest BCUT2D eigenvalue weighted by Gasteiger charge is 2.11. The number of nitriles is 1. The molecule has 0 aromatic heterocycles. The summed E-state index contributed by atoms with van der Waals surface area (Å²) in [6.07, 6.45) is 1.69. The lowest BCUT2D eigenvalue weighted by Crippen LogP contribution is -2.31. The van der Waals surface area contributed by atoms with Crippen LogP contribution in [0.1, 0.15) is 24.5 Å². The zero-order chi connectivity index (χ0) is 18.8. The molecular formula is C20H21N3O3. The zero-order valence-electron chi connectivity index (χ0n) is 14.8. The maximum Gasteiger partial charge on any atom is 0.154 e. The molecule has 6 heteroatoms. The fourth-order valence-electron chi connectivity index (χ4n) is 2.11. The van der Waals surface area contributed by atoms with Gasteiger partial charge in [-0.1, -0.05) is 12.1 Å². The number of ketones is 1.